The lowest BCUT2D eigenvalue weighted by atomic mass is 10.2. The Kier molecular flexibility index (Phi) is 6.80. The van der Waals surface area contributed by atoms with Crippen LogP contribution in [0, 0.1) is 0 Å². The number of nitrogens with zero attached hydrogens (tertiary/aromatic N) is 2. The molecule has 7 heteroatoms. The second-order valence-electron chi connectivity index (χ2n) is 6.78. The normalized spacial score (nSPS) is 14.6. The Hall–Kier alpha value is -1.83. The fraction of sp³-hybridized carbons (Fsp3) is 0.381. The molecule has 0 bridgehead atoms. The van der Waals surface area contributed by atoms with Crippen molar-refractivity contribution in [1.82, 2.24) is 9.21 Å². The van der Waals surface area contributed by atoms with Gasteiger partial charge in [-0.25, -0.2) is 8.42 Å². The van der Waals surface area contributed by atoms with Gasteiger partial charge in [-0.3, -0.25) is 4.79 Å². The number of amides is 1. The van der Waals surface area contributed by atoms with E-state index >= 15 is 0 Å². The first-order valence-electron chi connectivity index (χ1n) is 9.48. The first-order chi connectivity index (χ1) is 13.5. The summed E-state index contributed by atoms with van der Waals surface area (Å²) in [6.45, 7) is 3.96. The van der Waals surface area contributed by atoms with Gasteiger partial charge in [0.15, 0.2) is 0 Å². The number of benzene rings is 2. The minimum Gasteiger partial charge on any atom is -0.339 e. The number of carbonyl (C=O) groups is 1. The molecule has 1 aliphatic rings. The number of sulfonamides is 1. The lowest BCUT2D eigenvalue weighted by Crippen LogP contribution is -2.31. The van der Waals surface area contributed by atoms with E-state index in [0.29, 0.717) is 18.7 Å². The summed E-state index contributed by atoms with van der Waals surface area (Å²) in [6, 6.07) is 14.4. The Labute approximate surface area is 171 Å². The highest BCUT2D eigenvalue weighted by Gasteiger charge is 2.27. The Morgan fingerprint density at radius 3 is 2.39 bits per heavy atom. The fourth-order valence-electron chi connectivity index (χ4n) is 3.41. The second-order valence-corrected chi connectivity index (χ2v) is 9.56. The predicted octanol–water partition coefficient (Wildman–Crippen LogP) is 3.86. The molecule has 1 amide bonds. The average Bonchev–Trinajstić information content (AvgIpc) is 3.26. The van der Waals surface area contributed by atoms with Crippen molar-refractivity contribution in [2.24, 2.45) is 0 Å². The monoisotopic (exact) mass is 418 g/mol. The van der Waals surface area contributed by atoms with Crippen molar-refractivity contribution in [1.29, 1.82) is 0 Å². The molecule has 0 atom stereocenters. The average molecular weight is 419 g/mol. The van der Waals surface area contributed by atoms with Gasteiger partial charge in [0.25, 0.3) is 5.91 Å². The standard InChI is InChI=1S/C21H26N2O3S2/c1-3-23(16-17-9-5-4-6-10-17)28(25,26)18-11-12-20(27-2)19(15-18)21(24)22-13-7-8-14-22/h4-6,9-12,15H,3,7-8,13-14,16H2,1-2H3. The summed E-state index contributed by atoms with van der Waals surface area (Å²) in [6.07, 6.45) is 3.90. The van der Waals surface area contributed by atoms with Crippen LogP contribution in [-0.4, -0.2) is 49.4 Å². The van der Waals surface area contributed by atoms with Crippen molar-refractivity contribution in [2.75, 3.05) is 25.9 Å². The molecule has 0 aromatic heterocycles. The molecule has 1 saturated heterocycles. The number of thioether (sulfide) groups is 1. The Morgan fingerprint density at radius 2 is 1.79 bits per heavy atom. The number of rotatable bonds is 7. The van der Waals surface area contributed by atoms with E-state index in [4.69, 9.17) is 0 Å². The Morgan fingerprint density at radius 1 is 1.11 bits per heavy atom. The van der Waals surface area contributed by atoms with Crippen LogP contribution in [0.1, 0.15) is 35.7 Å². The highest BCUT2D eigenvalue weighted by molar-refractivity contribution is 7.98. The van der Waals surface area contributed by atoms with Gasteiger partial charge in [0.1, 0.15) is 0 Å². The van der Waals surface area contributed by atoms with E-state index in [2.05, 4.69) is 0 Å². The topological polar surface area (TPSA) is 57.7 Å². The largest absolute Gasteiger partial charge is 0.339 e. The molecular weight excluding hydrogens is 392 g/mol. The van der Waals surface area contributed by atoms with Gasteiger partial charge in [0, 0.05) is 31.1 Å². The zero-order valence-electron chi connectivity index (χ0n) is 16.3. The van der Waals surface area contributed by atoms with Crippen molar-refractivity contribution in [3.05, 3.63) is 59.7 Å². The molecule has 0 aliphatic carbocycles. The maximum atomic E-state index is 13.3. The molecular formula is C21H26N2O3S2. The van der Waals surface area contributed by atoms with Crippen LogP contribution < -0.4 is 0 Å². The van der Waals surface area contributed by atoms with Gasteiger partial charge in [-0.15, -0.1) is 11.8 Å². The number of hydrogen-bond donors (Lipinski definition) is 0. The lowest BCUT2D eigenvalue weighted by molar-refractivity contribution is 0.0789. The van der Waals surface area contributed by atoms with Crippen LogP contribution >= 0.6 is 11.8 Å². The molecule has 28 heavy (non-hydrogen) atoms. The van der Waals surface area contributed by atoms with E-state index < -0.39 is 10.0 Å². The first kappa shape index (κ1) is 20.9. The van der Waals surface area contributed by atoms with Gasteiger partial charge in [-0.2, -0.15) is 4.31 Å². The number of likely N-dealkylation sites (tertiary alicyclic amines) is 1. The molecule has 1 aliphatic heterocycles. The fourth-order valence-corrected chi connectivity index (χ4v) is 5.44. The first-order valence-corrected chi connectivity index (χ1v) is 12.1. The highest BCUT2D eigenvalue weighted by Crippen LogP contribution is 2.28. The lowest BCUT2D eigenvalue weighted by Gasteiger charge is -2.22. The van der Waals surface area contributed by atoms with Crippen LogP contribution in [0.5, 0.6) is 0 Å². The van der Waals surface area contributed by atoms with Crippen molar-refractivity contribution in [3.8, 4) is 0 Å². The van der Waals surface area contributed by atoms with Gasteiger partial charge >= 0.3 is 0 Å². The zero-order valence-corrected chi connectivity index (χ0v) is 17.9. The minimum atomic E-state index is -3.70. The molecule has 3 rings (SSSR count). The van der Waals surface area contributed by atoms with Crippen LogP contribution in [0.3, 0.4) is 0 Å². The number of carbonyl (C=O) groups excluding carboxylic acids is 1. The molecule has 0 N–H and O–H groups in total. The summed E-state index contributed by atoms with van der Waals surface area (Å²) in [5.74, 6) is -0.0787. The van der Waals surface area contributed by atoms with Crippen LogP contribution in [0.2, 0.25) is 0 Å². The summed E-state index contributed by atoms with van der Waals surface area (Å²) < 4.78 is 28.0. The van der Waals surface area contributed by atoms with Crippen molar-refractivity contribution >= 4 is 27.7 Å². The molecule has 2 aromatic carbocycles. The van der Waals surface area contributed by atoms with E-state index in [0.717, 1.165) is 36.4 Å². The summed E-state index contributed by atoms with van der Waals surface area (Å²) in [4.78, 5) is 15.7. The summed E-state index contributed by atoms with van der Waals surface area (Å²) in [5.41, 5.74) is 1.41. The molecule has 1 fully saturated rings. The van der Waals surface area contributed by atoms with E-state index in [1.54, 1.807) is 18.2 Å². The van der Waals surface area contributed by atoms with Gasteiger partial charge in [-0.05, 0) is 42.9 Å². The molecule has 2 aromatic rings. The van der Waals surface area contributed by atoms with Crippen LogP contribution in [0.25, 0.3) is 0 Å². The van der Waals surface area contributed by atoms with Crippen LogP contribution in [0.4, 0.5) is 0 Å². The number of hydrogen-bond acceptors (Lipinski definition) is 4. The molecule has 0 radical (unpaired) electrons. The Balaban J connectivity index is 1.94. The second kappa shape index (κ2) is 9.11. The summed E-state index contributed by atoms with van der Waals surface area (Å²) in [5, 5.41) is 0. The molecule has 0 spiro atoms. The molecule has 0 unspecified atom stereocenters. The summed E-state index contributed by atoms with van der Waals surface area (Å²) in [7, 11) is -3.70. The molecule has 1 heterocycles. The zero-order chi connectivity index (χ0) is 20.1. The maximum Gasteiger partial charge on any atom is 0.255 e. The van der Waals surface area contributed by atoms with Crippen LogP contribution in [-0.2, 0) is 16.6 Å². The third-order valence-electron chi connectivity index (χ3n) is 4.99. The quantitative estimate of drug-likeness (QED) is 0.641. The van der Waals surface area contributed by atoms with E-state index in [-0.39, 0.29) is 10.8 Å². The van der Waals surface area contributed by atoms with Gasteiger partial charge in [0.05, 0.1) is 10.5 Å². The smallest absolute Gasteiger partial charge is 0.255 e. The molecule has 150 valence electrons. The third kappa shape index (κ3) is 4.42. The Bertz CT molecular complexity index is 924. The van der Waals surface area contributed by atoms with E-state index in [9.17, 15) is 13.2 Å². The van der Waals surface area contributed by atoms with Gasteiger partial charge in [0.2, 0.25) is 10.0 Å². The minimum absolute atomic E-state index is 0.0787. The van der Waals surface area contributed by atoms with E-state index in [1.807, 2.05) is 48.4 Å². The van der Waals surface area contributed by atoms with Gasteiger partial charge < -0.3 is 4.90 Å². The third-order valence-corrected chi connectivity index (χ3v) is 7.70. The van der Waals surface area contributed by atoms with Gasteiger partial charge in [-0.1, -0.05) is 37.3 Å². The van der Waals surface area contributed by atoms with E-state index in [1.165, 1.54) is 16.1 Å². The summed E-state index contributed by atoms with van der Waals surface area (Å²) >= 11 is 1.46. The van der Waals surface area contributed by atoms with Crippen molar-refractivity contribution in [2.45, 2.75) is 36.1 Å². The predicted molar refractivity (Wildman–Crippen MR) is 113 cm³/mol. The van der Waals surface area contributed by atoms with Crippen LogP contribution in [0.15, 0.2) is 58.3 Å². The SMILES string of the molecule is CCN(Cc1ccccc1)S(=O)(=O)c1ccc(SC)c(C(=O)N2CCCC2)c1. The van der Waals surface area contributed by atoms with Crippen molar-refractivity contribution < 1.29 is 13.2 Å². The molecule has 0 saturated carbocycles. The van der Waals surface area contributed by atoms with Crippen molar-refractivity contribution in [3.63, 3.8) is 0 Å². The highest BCUT2D eigenvalue weighted by atomic mass is 32.2. The molecule has 5 nitrogen and oxygen atoms in total. The maximum absolute atomic E-state index is 13.3.